The van der Waals surface area contributed by atoms with E-state index in [0.29, 0.717) is 17.3 Å². The highest BCUT2D eigenvalue weighted by atomic mass is 79.9. The van der Waals surface area contributed by atoms with Crippen molar-refractivity contribution in [3.05, 3.63) is 34.1 Å². The number of Topliss-reactive ketones (excluding diaryl/α,β-unsaturated/α-hetero) is 1. The van der Waals surface area contributed by atoms with Gasteiger partial charge in [0.25, 0.3) is 0 Å². The fourth-order valence-corrected chi connectivity index (χ4v) is 2.54. The summed E-state index contributed by atoms with van der Waals surface area (Å²) < 4.78 is 14.3. The van der Waals surface area contributed by atoms with Gasteiger partial charge in [-0.3, -0.25) is 14.4 Å². The Kier molecular flexibility index (Phi) is 7.88. The Morgan fingerprint density at radius 2 is 2.04 bits per heavy atom. The minimum absolute atomic E-state index is 0.0329. The molecule has 0 aliphatic heterocycles. The molecule has 1 amide bonds. The Labute approximate surface area is 142 Å². The molecule has 1 aromatic rings. The van der Waals surface area contributed by atoms with Crippen LogP contribution in [-0.2, 0) is 20.8 Å². The number of ketones is 1. The van der Waals surface area contributed by atoms with E-state index in [0.717, 1.165) is 0 Å². The van der Waals surface area contributed by atoms with Crippen molar-refractivity contribution in [3.8, 4) is 0 Å². The molecule has 0 aliphatic rings. The topological polar surface area (TPSA) is 83.5 Å². The highest BCUT2D eigenvalue weighted by Crippen LogP contribution is 2.18. The maximum absolute atomic E-state index is 13.7. The SMILES string of the molecule is CCC[C@H](CC(=O)Cc1ccc(Br)cc1F)C(=O)NCC(=O)O. The summed E-state index contributed by atoms with van der Waals surface area (Å²) in [5, 5.41) is 10.9. The first-order valence-electron chi connectivity index (χ1n) is 7.28. The molecule has 5 nitrogen and oxygen atoms in total. The molecule has 0 aromatic heterocycles. The summed E-state index contributed by atoms with van der Waals surface area (Å²) in [7, 11) is 0. The fraction of sp³-hybridized carbons (Fsp3) is 0.438. The van der Waals surface area contributed by atoms with E-state index in [1.54, 1.807) is 6.07 Å². The average molecular weight is 388 g/mol. The Balaban J connectivity index is 2.66. The quantitative estimate of drug-likeness (QED) is 0.682. The zero-order valence-electron chi connectivity index (χ0n) is 12.8. The summed E-state index contributed by atoms with van der Waals surface area (Å²) in [5.41, 5.74) is 0.277. The zero-order chi connectivity index (χ0) is 17.4. The zero-order valence-corrected chi connectivity index (χ0v) is 14.4. The summed E-state index contributed by atoms with van der Waals surface area (Å²) in [6.45, 7) is 1.39. The van der Waals surface area contributed by atoms with E-state index in [-0.39, 0.29) is 24.2 Å². The lowest BCUT2D eigenvalue weighted by atomic mass is 9.93. The predicted octanol–water partition coefficient (Wildman–Crippen LogP) is 2.71. The molecule has 1 atom stereocenters. The largest absolute Gasteiger partial charge is 0.480 e. The number of carboxylic acids is 1. The number of aliphatic carboxylic acids is 1. The number of hydrogen-bond donors (Lipinski definition) is 2. The van der Waals surface area contributed by atoms with Gasteiger partial charge >= 0.3 is 5.97 Å². The van der Waals surface area contributed by atoms with Crippen molar-refractivity contribution in [1.82, 2.24) is 5.32 Å². The molecule has 0 heterocycles. The van der Waals surface area contributed by atoms with Crippen molar-refractivity contribution in [1.29, 1.82) is 0 Å². The van der Waals surface area contributed by atoms with E-state index in [2.05, 4.69) is 21.2 Å². The first kappa shape index (κ1) is 19.3. The smallest absolute Gasteiger partial charge is 0.322 e. The third-order valence-corrected chi connectivity index (χ3v) is 3.79. The van der Waals surface area contributed by atoms with Crippen molar-refractivity contribution >= 4 is 33.6 Å². The van der Waals surface area contributed by atoms with E-state index in [9.17, 15) is 18.8 Å². The van der Waals surface area contributed by atoms with Crippen LogP contribution in [-0.4, -0.2) is 29.3 Å². The second kappa shape index (κ2) is 9.39. The van der Waals surface area contributed by atoms with E-state index < -0.39 is 30.2 Å². The van der Waals surface area contributed by atoms with E-state index in [1.165, 1.54) is 12.1 Å². The standard InChI is InChI=1S/C16H19BrFNO4/c1-2-3-11(16(23)19-9-15(21)22)7-13(20)6-10-4-5-12(17)8-14(10)18/h4-5,8,11H,2-3,6-7,9H2,1H3,(H,19,23)(H,21,22)/t11-/m1/s1. The van der Waals surface area contributed by atoms with Gasteiger partial charge in [0, 0.05) is 23.2 Å². The highest BCUT2D eigenvalue weighted by Gasteiger charge is 2.22. The van der Waals surface area contributed by atoms with Crippen molar-refractivity contribution < 1.29 is 23.9 Å². The van der Waals surface area contributed by atoms with Crippen LogP contribution in [0.15, 0.2) is 22.7 Å². The molecule has 23 heavy (non-hydrogen) atoms. The number of carbonyl (C=O) groups excluding carboxylic acids is 2. The first-order valence-corrected chi connectivity index (χ1v) is 8.08. The number of nitrogens with one attached hydrogen (secondary N) is 1. The fourth-order valence-electron chi connectivity index (χ4n) is 2.21. The number of amides is 1. The van der Waals surface area contributed by atoms with E-state index in [1.807, 2.05) is 6.92 Å². The third-order valence-electron chi connectivity index (χ3n) is 3.30. The van der Waals surface area contributed by atoms with Gasteiger partial charge in [0.1, 0.15) is 18.1 Å². The summed E-state index contributed by atoms with van der Waals surface area (Å²) >= 11 is 3.15. The predicted molar refractivity (Wildman–Crippen MR) is 86.5 cm³/mol. The van der Waals surface area contributed by atoms with Gasteiger partial charge in [-0.2, -0.15) is 0 Å². The van der Waals surface area contributed by atoms with E-state index >= 15 is 0 Å². The second-order valence-electron chi connectivity index (χ2n) is 5.25. The van der Waals surface area contributed by atoms with Gasteiger partial charge in [0.2, 0.25) is 5.91 Å². The maximum Gasteiger partial charge on any atom is 0.322 e. The summed E-state index contributed by atoms with van der Waals surface area (Å²) in [5.74, 6) is -2.92. The lowest BCUT2D eigenvalue weighted by Gasteiger charge is -2.15. The van der Waals surface area contributed by atoms with Crippen molar-refractivity contribution in [2.45, 2.75) is 32.6 Å². The second-order valence-corrected chi connectivity index (χ2v) is 6.17. The van der Waals surface area contributed by atoms with Gasteiger partial charge in [0.05, 0.1) is 0 Å². The molecule has 1 rings (SSSR count). The molecule has 0 aliphatic carbocycles. The van der Waals surface area contributed by atoms with Crippen LogP contribution in [0.4, 0.5) is 4.39 Å². The molecule has 0 saturated heterocycles. The monoisotopic (exact) mass is 387 g/mol. The summed E-state index contributed by atoms with van der Waals surface area (Å²) in [4.78, 5) is 34.5. The Morgan fingerprint density at radius 3 is 2.61 bits per heavy atom. The van der Waals surface area contributed by atoms with Crippen LogP contribution < -0.4 is 5.32 Å². The molecule has 0 fully saturated rings. The van der Waals surface area contributed by atoms with Crippen LogP contribution in [0.1, 0.15) is 31.7 Å². The number of benzene rings is 1. The summed E-state index contributed by atoms with van der Waals surface area (Å²) in [6.07, 6.45) is 1.03. The molecule has 126 valence electrons. The van der Waals surface area contributed by atoms with Crippen molar-refractivity contribution in [2.24, 2.45) is 5.92 Å². The van der Waals surface area contributed by atoms with Gasteiger partial charge in [0.15, 0.2) is 0 Å². The average Bonchev–Trinajstić information content (AvgIpc) is 2.47. The lowest BCUT2D eigenvalue weighted by Crippen LogP contribution is -2.35. The van der Waals surface area contributed by atoms with Gasteiger partial charge in [-0.25, -0.2) is 4.39 Å². The lowest BCUT2D eigenvalue weighted by molar-refractivity contribution is -0.138. The molecule has 0 saturated carbocycles. The minimum Gasteiger partial charge on any atom is -0.480 e. The first-order chi connectivity index (χ1) is 10.8. The highest BCUT2D eigenvalue weighted by molar-refractivity contribution is 9.10. The molecule has 0 unspecified atom stereocenters. The van der Waals surface area contributed by atoms with Crippen LogP contribution in [0.25, 0.3) is 0 Å². The van der Waals surface area contributed by atoms with Crippen molar-refractivity contribution in [3.63, 3.8) is 0 Å². The van der Waals surface area contributed by atoms with Crippen LogP contribution >= 0.6 is 15.9 Å². The van der Waals surface area contributed by atoms with Crippen molar-refractivity contribution in [2.75, 3.05) is 6.54 Å². The Morgan fingerprint density at radius 1 is 1.35 bits per heavy atom. The van der Waals surface area contributed by atoms with Crippen LogP contribution in [0, 0.1) is 11.7 Å². The number of halogens is 2. The molecule has 0 radical (unpaired) electrons. The minimum atomic E-state index is -1.14. The maximum atomic E-state index is 13.7. The van der Waals surface area contributed by atoms with E-state index in [4.69, 9.17) is 5.11 Å². The van der Waals surface area contributed by atoms with Crippen LogP contribution in [0.2, 0.25) is 0 Å². The third kappa shape index (κ3) is 6.90. The van der Waals surface area contributed by atoms with Gasteiger partial charge < -0.3 is 10.4 Å². The molecule has 7 heteroatoms. The molecule has 0 spiro atoms. The Hall–Kier alpha value is -1.76. The number of rotatable bonds is 9. The summed E-state index contributed by atoms with van der Waals surface area (Å²) in [6, 6.07) is 4.46. The molecular formula is C16H19BrFNO4. The van der Waals surface area contributed by atoms with Gasteiger partial charge in [-0.1, -0.05) is 35.3 Å². The number of carboxylic acid groups (broad SMARTS) is 1. The van der Waals surface area contributed by atoms with Crippen LogP contribution in [0.5, 0.6) is 0 Å². The van der Waals surface area contributed by atoms with Gasteiger partial charge in [-0.05, 0) is 24.1 Å². The van der Waals surface area contributed by atoms with Crippen LogP contribution in [0.3, 0.4) is 0 Å². The normalized spacial score (nSPS) is 11.8. The number of carbonyl (C=O) groups is 3. The molecular weight excluding hydrogens is 369 g/mol. The molecule has 0 bridgehead atoms. The number of hydrogen-bond acceptors (Lipinski definition) is 3. The molecule has 1 aromatic carbocycles. The molecule has 2 N–H and O–H groups in total. The van der Waals surface area contributed by atoms with Gasteiger partial charge in [-0.15, -0.1) is 0 Å². The Bertz CT molecular complexity index is 591.